The number of aromatic nitrogens is 2. The Balaban J connectivity index is 1.56. The highest BCUT2D eigenvalue weighted by Gasteiger charge is 2.04. The summed E-state index contributed by atoms with van der Waals surface area (Å²) in [5.74, 6) is 0.658. The molecule has 1 heterocycles. The number of nitrogens with zero attached hydrogens (tertiary/aromatic N) is 1. The van der Waals surface area contributed by atoms with Crippen LogP contribution < -0.4 is 0 Å². The van der Waals surface area contributed by atoms with Gasteiger partial charge in [-0.25, -0.2) is 9.37 Å². The predicted octanol–water partition coefficient (Wildman–Crippen LogP) is 4.64. The lowest BCUT2D eigenvalue weighted by atomic mass is 10.0. The molecule has 0 unspecified atom stereocenters. The number of benzene rings is 3. The van der Waals surface area contributed by atoms with Gasteiger partial charge in [0, 0.05) is 6.42 Å². The Hall–Kier alpha value is -2.68. The van der Waals surface area contributed by atoms with E-state index in [0.717, 1.165) is 29.7 Å². The van der Waals surface area contributed by atoms with Crippen LogP contribution in [0.4, 0.5) is 4.39 Å². The molecule has 1 aromatic heterocycles. The van der Waals surface area contributed by atoms with Crippen LogP contribution in [0.15, 0.2) is 60.7 Å². The predicted molar refractivity (Wildman–Crippen MR) is 87.4 cm³/mol. The fraction of sp³-hybridized carbons (Fsp3) is 0.105. The van der Waals surface area contributed by atoms with Gasteiger partial charge in [0.2, 0.25) is 0 Å². The molecule has 0 aliphatic heterocycles. The van der Waals surface area contributed by atoms with Crippen molar-refractivity contribution < 1.29 is 4.39 Å². The number of aryl methyl sites for hydroxylation is 2. The normalized spacial score (nSPS) is 11.3. The summed E-state index contributed by atoms with van der Waals surface area (Å²) in [5, 5.41) is 2.51. The summed E-state index contributed by atoms with van der Waals surface area (Å²) in [6, 6.07) is 19.5. The topological polar surface area (TPSA) is 28.7 Å². The van der Waals surface area contributed by atoms with E-state index < -0.39 is 0 Å². The number of hydrogen-bond donors (Lipinski definition) is 1. The van der Waals surface area contributed by atoms with E-state index in [1.165, 1.54) is 28.5 Å². The Morgan fingerprint density at radius 3 is 2.64 bits per heavy atom. The molecule has 3 heteroatoms. The molecule has 0 atom stereocenters. The largest absolute Gasteiger partial charge is 0.342 e. The van der Waals surface area contributed by atoms with E-state index in [1.807, 2.05) is 0 Å². The number of imidazole rings is 1. The second kappa shape index (κ2) is 5.26. The SMILES string of the molecule is Fc1ccc2nc(CCc3ccc4ccccc4c3)[nH]c2c1. The first-order valence-corrected chi connectivity index (χ1v) is 7.40. The van der Waals surface area contributed by atoms with Crippen LogP contribution in [0.25, 0.3) is 21.8 Å². The maximum atomic E-state index is 13.2. The summed E-state index contributed by atoms with van der Waals surface area (Å²) in [6.07, 6.45) is 1.72. The zero-order valence-electron chi connectivity index (χ0n) is 12.0. The number of nitrogens with one attached hydrogen (secondary N) is 1. The van der Waals surface area contributed by atoms with E-state index in [9.17, 15) is 4.39 Å². The smallest absolute Gasteiger partial charge is 0.125 e. The Kier molecular flexibility index (Phi) is 3.11. The lowest BCUT2D eigenvalue weighted by molar-refractivity contribution is 0.629. The van der Waals surface area contributed by atoms with Crippen LogP contribution in [0.5, 0.6) is 0 Å². The molecule has 0 amide bonds. The third kappa shape index (κ3) is 2.46. The lowest BCUT2D eigenvalue weighted by Crippen LogP contribution is -1.93. The molecule has 3 aromatic carbocycles. The Morgan fingerprint density at radius 1 is 0.864 bits per heavy atom. The van der Waals surface area contributed by atoms with Gasteiger partial charge in [0.25, 0.3) is 0 Å². The summed E-state index contributed by atoms with van der Waals surface area (Å²) in [4.78, 5) is 7.70. The molecule has 4 aromatic rings. The molecule has 0 saturated carbocycles. The van der Waals surface area contributed by atoms with E-state index in [-0.39, 0.29) is 5.82 Å². The van der Waals surface area contributed by atoms with Gasteiger partial charge >= 0.3 is 0 Å². The second-order valence-electron chi connectivity index (χ2n) is 5.53. The zero-order valence-corrected chi connectivity index (χ0v) is 12.0. The monoisotopic (exact) mass is 290 g/mol. The van der Waals surface area contributed by atoms with Crippen LogP contribution in [0.2, 0.25) is 0 Å². The van der Waals surface area contributed by atoms with Gasteiger partial charge in [-0.2, -0.15) is 0 Å². The Labute approximate surface area is 127 Å². The molecule has 22 heavy (non-hydrogen) atoms. The molecule has 0 bridgehead atoms. The standard InChI is InChI=1S/C19H15FN2/c20-16-8-9-17-18(12-16)22-19(21-17)10-6-13-5-7-14-3-1-2-4-15(14)11-13/h1-5,7-9,11-12H,6,10H2,(H,21,22). The van der Waals surface area contributed by atoms with Crippen molar-refractivity contribution in [1.29, 1.82) is 0 Å². The third-order valence-electron chi connectivity index (χ3n) is 3.96. The summed E-state index contributed by atoms with van der Waals surface area (Å²) >= 11 is 0. The fourth-order valence-corrected chi connectivity index (χ4v) is 2.81. The first kappa shape index (κ1) is 13.0. The maximum absolute atomic E-state index is 13.2. The molecule has 4 rings (SSSR count). The number of H-pyrrole nitrogens is 1. The van der Waals surface area contributed by atoms with E-state index in [0.29, 0.717) is 0 Å². The molecule has 2 nitrogen and oxygen atoms in total. The van der Waals surface area contributed by atoms with Gasteiger partial charge in [-0.15, -0.1) is 0 Å². The van der Waals surface area contributed by atoms with Gasteiger partial charge in [-0.1, -0.05) is 42.5 Å². The van der Waals surface area contributed by atoms with Crippen LogP contribution in [0.1, 0.15) is 11.4 Å². The van der Waals surface area contributed by atoms with Gasteiger partial charge in [-0.3, -0.25) is 0 Å². The number of rotatable bonds is 3. The van der Waals surface area contributed by atoms with E-state index in [4.69, 9.17) is 0 Å². The van der Waals surface area contributed by atoms with Gasteiger partial charge in [0.05, 0.1) is 11.0 Å². The third-order valence-corrected chi connectivity index (χ3v) is 3.96. The van der Waals surface area contributed by atoms with Crippen molar-refractivity contribution in [2.45, 2.75) is 12.8 Å². The molecule has 0 radical (unpaired) electrons. The quantitative estimate of drug-likeness (QED) is 0.585. The maximum Gasteiger partial charge on any atom is 0.125 e. The summed E-state index contributed by atoms with van der Waals surface area (Å²) < 4.78 is 13.2. The highest BCUT2D eigenvalue weighted by Crippen LogP contribution is 2.18. The van der Waals surface area contributed by atoms with Crippen LogP contribution in [-0.4, -0.2) is 9.97 Å². The van der Waals surface area contributed by atoms with Crippen LogP contribution in [0, 0.1) is 5.82 Å². The van der Waals surface area contributed by atoms with Gasteiger partial charge < -0.3 is 4.98 Å². The molecule has 108 valence electrons. The molecule has 1 N–H and O–H groups in total. The minimum absolute atomic E-state index is 0.239. The van der Waals surface area contributed by atoms with Crippen molar-refractivity contribution in [3.63, 3.8) is 0 Å². The molecular formula is C19H15FN2. The van der Waals surface area contributed by atoms with Crippen molar-refractivity contribution in [3.05, 3.63) is 77.9 Å². The van der Waals surface area contributed by atoms with E-state index in [1.54, 1.807) is 6.07 Å². The highest BCUT2D eigenvalue weighted by molar-refractivity contribution is 5.83. The van der Waals surface area contributed by atoms with Crippen LogP contribution in [-0.2, 0) is 12.8 Å². The Bertz CT molecular complexity index is 956. The Morgan fingerprint density at radius 2 is 1.73 bits per heavy atom. The first-order chi connectivity index (χ1) is 10.8. The molecular weight excluding hydrogens is 275 g/mol. The van der Waals surface area contributed by atoms with Crippen molar-refractivity contribution in [2.75, 3.05) is 0 Å². The lowest BCUT2D eigenvalue weighted by Gasteiger charge is -2.02. The van der Waals surface area contributed by atoms with Crippen molar-refractivity contribution in [2.24, 2.45) is 0 Å². The minimum Gasteiger partial charge on any atom is -0.342 e. The second-order valence-corrected chi connectivity index (χ2v) is 5.53. The summed E-state index contributed by atoms with van der Waals surface area (Å²) in [7, 11) is 0. The van der Waals surface area contributed by atoms with Gasteiger partial charge in [0.1, 0.15) is 11.6 Å². The average Bonchev–Trinajstić information content (AvgIpc) is 2.94. The molecule has 0 fully saturated rings. The average molecular weight is 290 g/mol. The van der Waals surface area contributed by atoms with Crippen molar-refractivity contribution in [1.82, 2.24) is 9.97 Å². The van der Waals surface area contributed by atoms with E-state index >= 15 is 0 Å². The highest BCUT2D eigenvalue weighted by atomic mass is 19.1. The minimum atomic E-state index is -0.239. The molecule has 0 aliphatic carbocycles. The summed E-state index contributed by atoms with van der Waals surface area (Å²) in [6.45, 7) is 0. The van der Waals surface area contributed by atoms with Gasteiger partial charge in [-0.05, 0) is 41.0 Å². The number of halogens is 1. The molecule has 0 aliphatic rings. The summed E-state index contributed by atoms with van der Waals surface area (Å²) in [5.41, 5.74) is 2.86. The van der Waals surface area contributed by atoms with Crippen molar-refractivity contribution >= 4 is 21.8 Å². The molecule has 0 saturated heterocycles. The first-order valence-electron chi connectivity index (χ1n) is 7.40. The number of aromatic amines is 1. The van der Waals surface area contributed by atoms with Crippen LogP contribution >= 0.6 is 0 Å². The fourth-order valence-electron chi connectivity index (χ4n) is 2.81. The number of fused-ring (bicyclic) bond motifs is 2. The van der Waals surface area contributed by atoms with Crippen LogP contribution in [0.3, 0.4) is 0 Å². The van der Waals surface area contributed by atoms with Gasteiger partial charge in [0.15, 0.2) is 0 Å². The number of hydrogen-bond acceptors (Lipinski definition) is 1. The van der Waals surface area contributed by atoms with E-state index in [2.05, 4.69) is 52.4 Å². The molecule has 0 spiro atoms. The zero-order chi connectivity index (χ0) is 14.9. The van der Waals surface area contributed by atoms with Crippen molar-refractivity contribution in [3.8, 4) is 0 Å².